The summed E-state index contributed by atoms with van der Waals surface area (Å²) in [6, 6.07) is 15.9. The molecule has 14 nitrogen and oxygen atoms in total. The number of fused-ring (bicyclic) bond motifs is 4. The number of aromatic nitrogens is 4. The lowest BCUT2D eigenvalue weighted by Crippen LogP contribution is -2.51. The standard InChI is InChI=1S/C49H56F2N8O6/c1-24(2)42(56-48(62)64-5)46(60)58-22-30(50)19-39(58)44-52-21-38(55-44)27-9-7-26(8-10-27)33-15-14-32(35-17-28-11-13-34(28)41(33)35)29-12-16-36-37(18-29)54-45(53-36)40-20-31(51)23-59(40)47(61)43(25(3)4)57-49(63)65-6/h7-10,12,14-16,18,21,24-25,28,30-31,34,39-40,42-43H,11,13,17,19-20,22-23H2,1-6H3,(H,52,55)(H,53,54)(H,56,62)(H,57,63)/t28?,30-,31-,34?,39-,40-,42-,43-/m0/s1. The third kappa shape index (κ3) is 8.20. The second-order valence-corrected chi connectivity index (χ2v) is 18.7. The summed E-state index contributed by atoms with van der Waals surface area (Å²) in [7, 11) is 2.48. The molecule has 0 radical (unpaired) electrons. The Bertz CT molecular complexity index is 2630. The van der Waals surface area contributed by atoms with E-state index in [2.05, 4.69) is 74.1 Å². The van der Waals surface area contributed by atoms with Gasteiger partial charge in [-0.25, -0.2) is 28.3 Å². The van der Waals surface area contributed by atoms with Gasteiger partial charge in [-0.1, -0.05) is 70.2 Å². The number of aromatic amines is 2. The number of benzene rings is 3. The first-order valence-electron chi connectivity index (χ1n) is 22.6. The normalized spacial score (nSPS) is 23.3. The van der Waals surface area contributed by atoms with Crippen LogP contribution in [0.5, 0.6) is 0 Å². The SMILES string of the molecule is COC(=O)N[C@H](C(=O)N1C[C@@H](F)C[C@H]1c1ncc(-c2ccc(-c3ccc(-c4ccc5nc([C@@H]6C[C@H](F)CN6C(=O)[C@@H](NC(=O)OC)C(C)C)[nH]c5c4)c4c3C3CCC3C4)cc2)[nH]1)C(C)C. The number of H-pyrrole nitrogens is 2. The molecule has 0 spiro atoms. The average Bonchev–Trinajstić information content (AvgIpc) is 4.13. The van der Waals surface area contributed by atoms with Crippen molar-refractivity contribution in [2.45, 2.75) is 102 Å². The fourth-order valence-electron chi connectivity index (χ4n) is 10.5. The summed E-state index contributed by atoms with van der Waals surface area (Å²) >= 11 is 0. The number of nitrogens with one attached hydrogen (secondary N) is 4. The molecule has 3 fully saturated rings. The van der Waals surface area contributed by atoms with Crippen LogP contribution < -0.4 is 10.6 Å². The number of amides is 4. The zero-order chi connectivity index (χ0) is 45.8. The number of rotatable bonds is 11. The maximum Gasteiger partial charge on any atom is 0.407 e. The predicted molar refractivity (Wildman–Crippen MR) is 240 cm³/mol. The van der Waals surface area contributed by atoms with Crippen LogP contribution in [0.1, 0.15) is 94.2 Å². The van der Waals surface area contributed by atoms with Gasteiger partial charge in [0.25, 0.3) is 0 Å². The molecule has 4 heterocycles. The Hall–Kier alpha value is -6.32. The molecule has 0 bridgehead atoms. The molecular weight excluding hydrogens is 835 g/mol. The van der Waals surface area contributed by atoms with Gasteiger partial charge in [0, 0.05) is 12.8 Å². The maximum absolute atomic E-state index is 15.0. The molecule has 5 aromatic rings. The van der Waals surface area contributed by atoms with Crippen molar-refractivity contribution in [3.63, 3.8) is 0 Å². The quantitative estimate of drug-likeness (QED) is 0.102. The second-order valence-electron chi connectivity index (χ2n) is 18.7. The minimum absolute atomic E-state index is 0.0883. The molecule has 2 aromatic heterocycles. The van der Waals surface area contributed by atoms with Crippen molar-refractivity contribution in [1.29, 1.82) is 0 Å². The monoisotopic (exact) mass is 890 g/mol. The number of alkyl carbamates (subject to hydrolysis) is 2. The molecule has 2 saturated heterocycles. The Labute approximate surface area is 376 Å². The molecule has 342 valence electrons. The fraction of sp³-hybridized carbons (Fsp3) is 0.469. The highest BCUT2D eigenvalue weighted by Gasteiger charge is 2.44. The molecular formula is C49H56F2N8O6. The molecule has 8 atom stereocenters. The van der Waals surface area contributed by atoms with Gasteiger partial charge in [0.2, 0.25) is 11.8 Å². The van der Waals surface area contributed by atoms with Crippen molar-refractivity contribution in [2.24, 2.45) is 17.8 Å². The number of carbonyl (C=O) groups excluding carboxylic acids is 4. The topological polar surface area (TPSA) is 175 Å². The molecule has 4 amide bonds. The van der Waals surface area contributed by atoms with Gasteiger partial charge < -0.3 is 39.9 Å². The third-order valence-electron chi connectivity index (χ3n) is 14.0. The summed E-state index contributed by atoms with van der Waals surface area (Å²) < 4.78 is 39.5. The Morgan fingerprint density at radius 1 is 0.723 bits per heavy atom. The molecule has 1 saturated carbocycles. The van der Waals surface area contributed by atoms with Gasteiger partial charge in [-0.05, 0) is 94.0 Å². The predicted octanol–water partition coefficient (Wildman–Crippen LogP) is 8.32. The van der Waals surface area contributed by atoms with Gasteiger partial charge in [0.1, 0.15) is 36.1 Å². The minimum atomic E-state index is -1.23. The molecule has 4 N–H and O–H groups in total. The van der Waals surface area contributed by atoms with Crippen LogP contribution in [0, 0.1) is 17.8 Å². The molecule has 16 heteroatoms. The molecule has 3 aromatic carbocycles. The first kappa shape index (κ1) is 43.9. The van der Waals surface area contributed by atoms with Crippen LogP contribution in [0.3, 0.4) is 0 Å². The van der Waals surface area contributed by atoms with E-state index in [1.165, 1.54) is 52.7 Å². The van der Waals surface area contributed by atoms with Gasteiger partial charge in [-0.2, -0.15) is 0 Å². The van der Waals surface area contributed by atoms with Gasteiger partial charge in [0.15, 0.2) is 0 Å². The molecule has 65 heavy (non-hydrogen) atoms. The van der Waals surface area contributed by atoms with Crippen LogP contribution in [0.4, 0.5) is 18.4 Å². The van der Waals surface area contributed by atoms with E-state index in [9.17, 15) is 23.6 Å². The number of hydrogen-bond acceptors (Lipinski definition) is 8. The van der Waals surface area contributed by atoms with Gasteiger partial charge in [0.05, 0.1) is 62.3 Å². The fourth-order valence-corrected chi connectivity index (χ4v) is 10.5. The molecule has 4 aliphatic rings. The first-order chi connectivity index (χ1) is 31.2. The summed E-state index contributed by atoms with van der Waals surface area (Å²) in [6.07, 6.45) is 1.34. The summed E-state index contributed by atoms with van der Waals surface area (Å²) in [4.78, 5) is 70.7. The lowest BCUT2D eigenvalue weighted by Gasteiger charge is -2.31. The van der Waals surface area contributed by atoms with E-state index in [0.29, 0.717) is 23.5 Å². The Balaban J connectivity index is 0.957. The Morgan fingerprint density at radius 2 is 1.29 bits per heavy atom. The van der Waals surface area contributed by atoms with E-state index in [1.54, 1.807) is 6.20 Å². The van der Waals surface area contributed by atoms with Crippen molar-refractivity contribution < 1.29 is 37.4 Å². The molecule has 2 unspecified atom stereocenters. The van der Waals surface area contributed by atoms with Gasteiger partial charge in [-0.15, -0.1) is 0 Å². The first-order valence-corrected chi connectivity index (χ1v) is 22.6. The van der Waals surface area contributed by atoms with Crippen LogP contribution in [0.15, 0.2) is 60.8 Å². The lowest BCUT2D eigenvalue weighted by molar-refractivity contribution is -0.136. The Kier molecular flexibility index (Phi) is 11.9. The highest BCUT2D eigenvalue weighted by atomic mass is 19.1. The van der Waals surface area contributed by atoms with Crippen molar-refractivity contribution in [1.82, 2.24) is 40.4 Å². The van der Waals surface area contributed by atoms with E-state index >= 15 is 4.39 Å². The van der Waals surface area contributed by atoms with E-state index < -0.39 is 48.7 Å². The number of hydrogen-bond donors (Lipinski definition) is 4. The number of halogens is 2. The van der Waals surface area contributed by atoms with Crippen LogP contribution in [0.25, 0.3) is 44.5 Å². The van der Waals surface area contributed by atoms with E-state index in [0.717, 1.165) is 46.3 Å². The van der Waals surface area contributed by atoms with E-state index in [1.807, 2.05) is 33.8 Å². The number of methoxy groups -OCH3 is 2. The van der Waals surface area contributed by atoms with Crippen molar-refractivity contribution >= 4 is 35.0 Å². The number of imidazole rings is 2. The third-order valence-corrected chi connectivity index (χ3v) is 14.0. The number of ether oxygens (including phenoxy) is 2. The number of alkyl halides is 2. The average molecular weight is 891 g/mol. The van der Waals surface area contributed by atoms with Crippen molar-refractivity contribution in [3.8, 4) is 33.5 Å². The van der Waals surface area contributed by atoms with Crippen LogP contribution in [0.2, 0.25) is 0 Å². The highest BCUT2D eigenvalue weighted by Crippen LogP contribution is 2.56. The van der Waals surface area contributed by atoms with Crippen LogP contribution in [-0.2, 0) is 25.5 Å². The van der Waals surface area contributed by atoms with E-state index in [-0.39, 0.29) is 49.6 Å². The number of carbonyl (C=O) groups is 4. The summed E-state index contributed by atoms with van der Waals surface area (Å²) in [6.45, 7) is 7.10. The molecule has 2 aliphatic heterocycles. The highest BCUT2D eigenvalue weighted by molar-refractivity contribution is 5.89. The largest absolute Gasteiger partial charge is 0.453 e. The summed E-state index contributed by atoms with van der Waals surface area (Å²) in [5.74, 6) is 0.821. The van der Waals surface area contributed by atoms with Crippen molar-refractivity contribution in [2.75, 3.05) is 27.3 Å². The summed E-state index contributed by atoms with van der Waals surface area (Å²) in [5, 5.41) is 5.23. The summed E-state index contributed by atoms with van der Waals surface area (Å²) in [5.41, 5.74) is 10.4. The maximum atomic E-state index is 15.0. The molecule has 9 rings (SSSR count). The number of nitrogens with zero attached hydrogens (tertiary/aromatic N) is 4. The van der Waals surface area contributed by atoms with Gasteiger partial charge >= 0.3 is 12.2 Å². The minimum Gasteiger partial charge on any atom is -0.453 e. The van der Waals surface area contributed by atoms with Crippen LogP contribution >= 0.6 is 0 Å². The zero-order valence-electron chi connectivity index (χ0n) is 37.5. The van der Waals surface area contributed by atoms with Gasteiger partial charge in [-0.3, -0.25) is 9.59 Å². The second kappa shape index (κ2) is 17.6. The zero-order valence-corrected chi connectivity index (χ0v) is 37.5. The lowest BCUT2D eigenvalue weighted by atomic mass is 9.73. The Morgan fingerprint density at radius 3 is 1.86 bits per heavy atom. The van der Waals surface area contributed by atoms with E-state index in [4.69, 9.17) is 14.5 Å². The number of likely N-dealkylation sites (tertiary alicyclic amines) is 2. The molecule has 2 aliphatic carbocycles. The van der Waals surface area contributed by atoms with Crippen molar-refractivity contribution in [3.05, 3.63) is 83.6 Å². The van der Waals surface area contributed by atoms with Crippen LogP contribution in [-0.4, -0.2) is 105 Å². The smallest absolute Gasteiger partial charge is 0.407 e.